The highest BCUT2D eigenvalue weighted by atomic mass is 32.2. The summed E-state index contributed by atoms with van der Waals surface area (Å²) in [7, 11) is 0. The number of halogens is 1. The van der Waals surface area contributed by atoms with Gasteiger partial charge in [-0.25, -0.2) is 4.39 Å². The van der Waals surface area contributed by atoms with Gasteiger partial charge in [-0.2, -0.15) is 0 Å². The Balaban J connectivity index is 2.10. The van der Waals surface area contributed by atoms with E-state index in [4.69, 9.17) is 0 Å². The van der Waals surface area contributed by atoms with Gasteiger partial charge in [-0.3, -0.25) is 24.9 Å². The molecule has 104 valence electrons. The van der Waals surface area contributed by atoms with Crippen LogP contribution in [0.25, 0.3) is 17.3 Å². The molecule has 7 heteroatoms. The van der Waals surface area contributed by atoms with Crippen LogP contribution in [-0.2, 0) is 4.79 Å². The zero-order valence-corrected chi connectivity index (χ0v) is 11.4. The molecule has 21 heavy (non-hydrogen) atoms. The molecule has 1 aliphatic rings. The lowest BCUT2D eigenvalue weighted by molar-refractivity contribution is -0.115. The summed E-state index contributed by atoms with van der Waals surface area (Å²) in [5.74, 6) is -0.878. The van der Waals surface area contributed by atoms with Crippen LogP contribution < -0.4 is 5.32 Å². The predicted molar refractivity (Wildman–Crippen MR) is 76.5 cm³/mol. The summed E-state index contributed by atoms with van der Waals surface area (Å²) in [5, 5.41) is 1.75. The van der Waals surface area contributed by atoms with Gasteiger partial charge in [-0.05, 0) is 35.5 Å². The van der Waals surface area contributed by atoms with Crippen molar-refractivity contribution < 1.29 is 14.0 Å². The highest BCUT2D eigenvalue weighted by Crippen LogP contribution is 2.30. The van der Waals surface area contributed by atoms with Crippen molar-refractivity contribution in [3.05, 3.63) is 53.1 Å². The van der Waals surface area contributed by atoms with Crippen molar-refractivity contribution in [3.63, 3.8) is 0 Å². The average Bonchev–Trinajstić information content (AvgIpc) is 2.80. The van der Waals surface area contributed by atoms with E-state index in [0.717, 1.165) is 11.8 Å². The molecule has 2 aromatic rings. The Morgan fingerprint density at radius 3 is 2.76 bits per heavy atom. The van der Waals surface area contributed by atoms with Gasteiger partial charge in [0.1, 0.15) is 5.82 Å². The van der Waals surface area contributed by atoms with Crippen molar-refractivity contribution in [1.82, 2.24) is 15.3 Å². The molecule has 1 aromatic heterocycles. The SMILES string of the molecule is O=C1NC(=O)C(=Cc2ccc(F)cc2-c2cnccn2)S1. The first-order valence-electron chi connectivity index (χ1n) is 5.94. The topological polar surface area (TPSA) is 72.0 Å². The van der Waals surface area contributed by atoms with Gasteiger partial charge in [0.05, 0.1) is 16.8 Å². The fourth-order valence-corrected chi connectivity index (χ4v) is 2.55. The number of benzene rings is 1. The number of rotatable bonds is 2. The van der Waals surface area contributed by atoms with E-state index in [2.05, 4.69) is 15.3 Å². The molecular formula is C14H8FN3O2S. The summed E-state index contributed by atoms with van der Waals surface area (Å²) in [4.78, 5) is 31.1. The first kappa shape index (κ1) is 13.4. The second kappa shape index (κ2) is 5.45. The van der Waals surface area contributed by atoms with E-state index in [1.165, 1.54) is 42.9 Å². The third kappa shape index (κ3) is 2.82. The van der Waals surface area contributed by atoms with Crippen LogP contribution in [0.15, 0.2) is 41.7 Å². The zero-order chi connectivity index (χ0) is 14.8. The number of nitrogens with zero attached hydrogens (tertiary/aromatic N) is 2. The minimum absolute atomic E-state index is 0.261. The molecule has 0 bridgehead atoms. The van der Waals surface area contributed by atoms with Crippen LogP contribution in [-0.4, -0.2) is 21.1 Å². The Bertz CT molecular complexity index is 762. The van der Waals surface area contributed by atoms with Crippen molar-refractivity contribution >= 4 is 29.0 Å². The third-order valence-corrected chi connectivity index (χ3v) is 3.59. The second-order valence-corrected chi connectivity index (χ2v) is 5.19. The molecule has 0 unspecified atom stereocenters. The minimum atomic E-state index is -0.459. The molecule has 2 heterocycles. The van der Waals surface area contributed by atoms with Gasteiger partial charge >= 0.3 is 0 Å². The predicted octanol–water partition coefficient (Wildman–Crippen LogP) is 2.61. The normalized spacial score (nSPS) is 16.3. The summed E-state index contributed by atoms with van der Waals surface area (Å²) in [5.41, 5.74) is 1.58. The Kier molecular flexibility index (Phi) is 3.49. The van der Waals surface area contributed by atoms with Crippen LogP contribution in [0.5, 0.6) is 0 Å². The van der Waals surface area contributed by atoms with E-state index < -0.39 is 17.0 Å². The van der Waals surface area contributed by atoms with Gasteiger partial charge in [-0.1, -0.05) is 6.07 Å². The lowest BCUT2D eigenvalue weighted by Gasteiger charge is -2.05. The highest BCUT2D eigenvalue weighted by molar-refractivity contribution is 8.18. The molecule has 1 saturated heterocycles. The van der Waals surface area contributed by atoms with Crippen LogP contribution in [0.2, 0.25) is 0 Å². The van der Waals surface area contributed by atoms with Gasteiger partial charge in [-0.15, -0.1) is 0 Å². The highest BCUT2D eigenvalue weighted by Gasteiger charge is 2.25. The number of imide groups is 1. The summed E-state index contributed by atoms with van der Waals surface area (Å²) >= 11 is 0.808. The number of carbonyl (C=O) groups is 2. The van der Waals surface area contributed by atoms with E-state index in [-0.39, 0.29) is 4.91 Å². The van der Waals surface area contributed by atoms with Gasteiger partial charge in [0.2, 0.25) is 0 Å². The standard InChI is InChI=1S/C14H8FN3O2S/c15-9-2-1-8(5-12-13(19)18-14(20)21-12)10(6-9)11-7-16-3-4-17-11/h1-7H,(H,18,19,20). The number of amides is 2. The maximum Gasteiger partial charge on any atom is 0.290 e. The minimum Gasteiger partial charge on any atom is -0.282 e. The van der Waals surface area contributed by atoms with E-state index >= 15 is 0 Å². The lowest BCUT2D eigenvalue weighted by atomic mass is 10.0. The first-order chi connectivity index (χ1) is 10.1. The lowest BCUT2D eigenvalue weighted by Crippen LogP contribution is -2.17. The number of hydrogen-bond donors (Lipinski definition) is 1. The Morgan fingerprint density at radius 2 is 2.10 bits per heavy atom. The van der Waals surface area contributed by atoms with Crippen molar-refractivity contribution in [2.45, 2.75) is 0 Å². The molecule has 0 saturated carbocycles. The van der Waals surface area contributed by atoms with Crippen molar-refractivity contribution in [3.8, 4) is 11.3 Å². The average molecular weight is 301 g/mol. The number of carbonyl (C=O) groups excluding carboxylic acids is 2. The smallest absolute Gasteiger partial charge is 0.282 e. The summed E-state index contributed by atoms with van der Waals surface area (Å²) < 4.78 is 13.5. The molecular weight excluding hydrogens is 293 g/mol. The molecule has 0 spiro atoms. The van der Waals surface area contributed by atoms with E-state index in [1.54, 1.807) is 0 Å². The van der Waals surface area contributed by atoms with Crippen LogP contribution in [0.1, 0.15) is 5.56 Å². The molecule has 0 aliphatic carbocycles. The molecule has 5 nitrogen and oxygen atoms in total. The number of hydrogen-bond acceptors (Lipinski definition) is 5. The Morgan fingerprint density at radius 1 is 1.24 bits per heavy atom. The fraction of sp³-hybridized carbons (Fsp3) is 0. The first-order valence-corrected chi connectivity index (χ1v) is 6.76. The second-order valence-electron chi connectivity index (χ2n) is 4.17. The van der Waals surface area contributed by atoms with Crippen LogP contribution in [0.4, 0.5) is 9.18 Å². The van der Waals surface area contributed by atoms with E-state index in [0.29, 0.717) is 16.8 Å². The van der Waals surface area contributed by atoms with Crippen LogP contribution >= 0.6 is 11.8 Å². The summed E-state index contributed by atoms with van der Waals surface area (Å²) in [6.07, 6.45) is 6.05. The molecule has 0 atom stereocenters. The number of thioether (sulfide) groups is 1. The summed E-state index contributed by atoms with van der Waals surface area (Å²) in [6, 6.07) is 4.13. The Labute approximate surface area is 123 Å². The van der Waals surface area contributed by atoms with Crippen LogP contribution in [0, 0.1) is 5.82 Å². The molecule has 1 aliphatic heterocycles. The third-order valence-electron chi connectivity index (χ3n) is 2.78. The van der Waals surface area contributed by atoms with Crippen molar-refractivity contribution in [2.75, 3.05) is 0 Å². The van der Waals surface area contributed by atoms with Gasteiger partial charge in [0.15, 0.2) is 0 Å². The number of nitrogens with one attached hydrogen (secondary N) is 1. The molecule has 2 amide bonds. The van der Waals surface area contributed by atoms with E-state index in [9.17, 15) is 14.0 Å². The quantitative estimate of drug-likeness (QED) is 0.863. The molecule has 1 N–H and O–H groups in total. The molecule has 1 fully saturated rings. The van der Waals surface area contributed by atoms with Crippen LogP contribution in [0.3, 0.4) is 0 Å². The monoisotopic (exact) mass is 301 g/mol. The van der Waals surface area contributed by atoms with Gasteiger partial charge < -0.3 is 0 Å². The van der Waals surface area contributed by atoms with Gasteiger partial charge in [0.25, 0.3) is 11.1 Å². The number of aromatic nitrogens is 2. The summed E-state index contributed by atoms with van der Waals surface area (Å²) in [6.45, 7) is 0. The zero-order valence-electron chi connectivity index (χ0n) is 10.5. The van der Waals surface area contributed by atoms with Crippen molar-refractivity contribution in [1.29, 1.82) is 0 Å². The molecule has 1 aromatic carbocycles. The molecule has 0 radical (unpaired) electrons. The Hall–Kier alpha value is -2.54. The maximum atomic E-state index is 13.5. The maximum absolute atomic E-state index is 13.5. The van der Waals surface area contributed by atoms with Crippen molar-refractivity contribution in [2.24, 2.45) is 0 Å². The fourth-order valence-electron chi connectivity index (χ4n) is 1.88. The molecule has 3 rings (SSSR count). The largest absolute Gasteiger partial charge is 0.290 e. The van der Waals surface area contributed by atoms with E-state index in [1.807, 2.05) is 0 Å². The van der Waals surface area contributed by atoms with Gasteiger partial charge in [0, 0.05) is 18.0 Å².